The van der Waals surface area contributed by atoms with Crippen LogP contribution >= 0.6 is 0 Å². The molecule has 0 unspecified atom stereocenters. The van der Waals surface area contributed by atoms with Crippen molar-refractivity contribution in [3.63, 3.8) is 0 Å². The van der Waals surface area contributed by atoms with E-state index < -0.39 is 0 Å². The lowest BCUT2D eigenvalue weighted by Crippen LogP contribution is -2.09. The van der Waals surface area contributed by atoms with Crippen molar-refractivity contribution >= 4 is 5.78 Å². The Balaban J connectivity index is 1.90. The number of rotatable bonds is 5. The Morgan fingerprint density at radius 3 is 2.78 bits per heavy atom. The van der Waals surface area contributed by atoms with Crippen LogP contribution in [0.25, 0.3) is 0 Å². The van der Waals surface area contributed by atoms with Crippen molar-refractivity contribution in [3.8, 4) is 0 Å². The van der Waals surface area contributed by atoms with Crippen LogP contribution in [-0.2, 0) is 24.7 Å². The summed E-state index contributed by atoms with van der Waals surface area (Å²) >= 11 is 0. The maximum Gasteiger partial charge on any atom is 0.140 e. The fourth-order valence-electron chi connectivity index (χ4n) is 1.91. The topological polar surface area (TPSA) is 47.8 Å². The van der Waals surface area contributed by atoms with Crippen LogP contribution in [0.4, 0.5) is 0 Å². The molecule has 94 valence electrons. The van der Waals surface area contributed by atoms with Gasteiger partial charge in [-0.15, -0.1) is 0 Å². The molecule has 0 atom stereocenters. The number of carbonyl (C=O) groups excluding carboxylic acids is 1. The van der Waals surface area contributed by atoms with E-state index in [1.807, 2.05) is 12.1 Å². The molecule has 0 N–H and O–H groups in total. The van der Waals surface area contributed by atoms with E-state index >= 15 is 0 Å². The van der Waals surface area contributed by atoms with Gasteiger partial charge >= 0.3 is 0 Å². The van der Waals surface area contributed by atoms with Crippen LogP contribution in [0, 0.1) is 6.92 Å². The van der Waals surface area contributed by atoms with Crippen LogP contribution in [0.15, 0.2) is 30.6 Å². The van der Waals surface area contributed by atoms with Gasteiger partial charge < -0.3 is 0 Å². The van der Waals surface area contributed by atoms with Gasteiger partial charge in [0, 0.05) is 13.5 Å². The number of nitrogens with zero attached hydrogens (tertiary/aromatic N) is 3. The average Bonchev–Trinajstić information content (AvgIpc) is 2.74. The normalized spacial score (nSPS) is 10.6. The van der Waals surface area contributed by atoms with Crippen molar-refractivity contribution in [1.29, 1.82) is 0 Å². The first-order chi connectivity index (χ1) is 8.66. The maximum atomic E-state index is 11.9. The minimum absolute atomic E-state index is 0.203. The Bertz CT molecular complexity index is 545. The third kappa shape index (κ3) is 3.03. The summed E-state index contributed by atoms with van der Waals surface area (Å²) in [6.45, 7) is 2.07. The molecular formula is C14H17N3O. The second kappa shape index (κ2) is 5.58. The predicted octanol–water partition coefficient (Wildman–Crippen LogP) is 1.87. The fraction of sp³-hybridized carbons (Fsp3) is 0.357. The van der Waals surface area contributed by atoms with E-state index in [1.165, 1.54) is 17.5 Å². The molecule has 1 heterocycles. The van der Waals surface area contributed by atoms with Crippen molar-refractivity contribution < 1.29 is 4.79 Å². The number of benzene rings is 1. The zero-order valence-electron chi connectivity index (χ0n) is 10.8. The van der Waals surface area contributed by atoms with Gasteiger partial charge in [-0.1, -0.05) is 24.3 Å². The Kier molecular flexibility index (Phi) is 3.87. The lowest BCUT2D eigenvalue weighted by Gasteiger charge is -2.04. The highest BCUT2D eigenvalue weighted by atomic mass is 16.1. The summed E-state index contributed by atoms with van der Waals surface area (Å²) < 4.78 is 1.64. The molecule has 0 saturated carbocycles. The number of carbonyl (C=O) groups is 1. The zero-order valence-corrected chi connectivity index (χ0v) is 10.8. The van der Waals surface area contributed by atoms with Crippen LogP contribution < -0.4 is 0 Å². The smallest absolute Gasteiger partial charge is 0.140 e. The summed E-state index contributed by atoms with van der Waals surface area (Å²) in [7, 11) is 1.80. The molecule has 1 aromatic carbocycles. The summed E-state index contributed by atoms with van der Waals surface area (Å²) in [4.78, 5) is 15.9. The van der Waals surface area contributed by atoms with Gasteiger partial charge in [-0.05, 0) is 24.5 Å². The number of aryl methyl sites for hydroxylation is 3. The fourth-order valence-corrected chi connectivity index (χ4v) is 1.91. The molecule has 0 aliphatic heterocycles. The average molecular weight is 243 g/mol. The highest BCUT2D eigenvalue weighted by Crippen LogP contribution is 2.10. The lowest BCUT2D eigenvalue weighted by atomic mass is 10.0. The first kappa shape index (κ1) is 12.5. The zero-order chi connectivity index (χ0) is 13.0. The van der Waals surface area contributed by atoms with Gasteiger partial charge in [-0.3, -0.25) is 9.48 Å². The highest BCUT2D eigenvalue weighted by molar-refractivity contribution is 5.80. The molecule has 0 aliphatic carbocycles. The largest absolute Gasteiger partial charge is 0.299 e. The predicted molar refractivity (Wildman–Crippen MR) is 69.2 cm³/mol. The van der Waals surface area contributed by atoms with E-state index in [-0.39, 0.29) is 5.78 Å². The first-order valence-electron chi connectivity index (χ1n) is 6.06. The second-order valence-electron chi connectivity index (χ2n) is 4.44. The van der Waals surface area contributed by atoms with E-state index in [9.17, 15) is 4.79 Å². The molecule has 0 saturated heterocycles. The minimum atomic E-state index is 0.203. The SMILES string of the molecule is Cc1ccccc1CCC(=O)Cc1ncnn1C. The molecule has 0 bridgehead atoms. The molecule has 0 spiro atoms. The van der Waals surface area contributed by atoms with Gasteiger partial charge in [0.05, 0.1) is 6.42 Å². The number of Topliss-reactive ketones (excluding diaryl/α,β-unsaturated/α-hetero) is 1. The van der Waals surface area contributed by atoms with Crippen molar-refractivity contribution in [2.45, 2.75) is 26.2 Å². The molecule has 0 radical (unpaired) electrons. The van der Waals surface area contributed by atoms with Crippen molar-refractivity contribution in [3.05, 3.63) is 47.5 Å². The molecule has 0 aliphatic rings. The summed E-state index contributed by atoms with van der Waals surface area (Å²) in [5, 5.41) is 3.96. The van der Waals surface area contributed by atoms with Crippen LogP contribution in [0.5, 0.6) is 0 Å². The molecule has 4 heteroatoms. The van der Waals surface area contributed by atoms with Gasteiger partial charge in [-0.25, -0.2) is 4.98 Å². The van der Waals surface area contributed by atoms with Gasteiger partial charge in [0.15, 0.2) is 0 Å². The third-order valence-electron chi connectivity index (χ3n) is 3.09. The van der Waals surface area contributed by atoms with E-state index in [0.29, 0.717) is 12.8 Å². The summed E-state index contributed by atoms with van der Waals surface area (Å²) in [6.07, 6.45) is 3.19. The van der Waals surface area contributed by atoms with Crippen molar-refractivity contribution in [2.75, 3.05) is 0 Å². The number of aromatic nitrogens is 3. The number of ketones is 1. The first-order valence-corrected chi connectivity index (χ1v) is 6.06. The van der Waals surface area contributed by atoms with Crippen LogP contribution in [0.1, 0.15) is 23.4 Å². The maximum absolute atomic E-state index is 11.9. The number of hydrogen-bond donors (Lipinski definition) is 0. The Morgan fingerprint density at radius 2 is 2.11 bits per heavy atom. The van der Waals surface area contributed by atoms with E-state index in [4.69, 9.17) is 0 Å². The summed E-state index contributed by atoms with van der Waals surface area (Å²) in [5.74, 6) is 0.930. The summed E-state index contributed by atoms with van der Waals surface area (Å²) in [6, 6.07) is 8.17. The van der Waals surface area contributed by atoms with Crippen LogP contribution in [0.3, 0.4) is 0 Å². The standard InChI is InChI=1S/C14H17N3O/c1-11-5-3-4-6-12(11)7-8-13(18)9-14-15-10-16-17(14)2/h3-6,10H,7-9H2,1-2H3. The minimum Gasteiger partial charge on any atom is -0.299 e. The van der Waals surface area contributed by atoms with Gasteiger partial charge in [0.1, 0.15) is 17.9 Å². The molecule has 1 aromatic heterocycles. The molecule has 0 fully saturated rings. The van der Waals surface area contributed by atoms with Gasteiger partial charge in [-0.2, -0.15) is 5.10 Å². The van der Waals surface area contributed by atoms with E-state index in [1.54, 1.807) is 11.7 Å². The third-order valence-corrected chi connectivity index (χ3v) is 3.09. The van der Waals surface area contributed by atoms with Gasteiger partial charge in [0.2, 0.25) is 0 Å². The molecule has 0 amide bonds. The van der Waals surface area contributed by atoms with Crippen molar-refractivity contribution in [1.82, 2.24) is 14.8 Å². The Morgan fingerprint density at radius 1 is 1.33 bits per heavy atom. The van der Waals surface area contributed by atoms with E-state index in [2.05, 4.69) is 29.1 Å². The quantitative estimate of drug-likeness (QED) is 0.805. The molecular weight excluding hydrogens is 226 g/mol. The monoisotopic (exact) mass is 243 g/mol. The molecule has 18 heavy (non-hydrogen) atoms. The van der Waals surface area contributed by atoms with Crippen LogP contribution in [-0.4, -0.2) is 20.5 Å². The van der Waals surface area contributed by atoms with Crippen LogP contribution in [0.2, 0.25) is 0 Å². The van der Waals surface area contributed by atoms with E-state index in [0.717, 1.165) is 12.2 Å². The highest BCUT2D eigenvalue weighted by Gasteiger charge is 2.09. The Labute approximate surface area is 107 Å². The lowest BCUT2D eigenvalue weighted by molar-refractivity contribution is -0.118. The molecule has 2 aromatic rings. The van der Waals surface area contributed by atoms with Gasteiger partial charge in [0.25, 0.3) is 0 Å². The Hall–Kier alpha value is -1.97. The second-order valence-corrected chi connectivity index (χ2v) is 4.44. The van der Waals surface area contributed by atoms with Crippen molar-refractivity contribution in [2.24, 2.45) is 7.05 Å². The molecule has 4 nitrogen and oxygen atoms in total. The molecule has 2 rings (SSSR count). The number of hydrogen-bond acceptors (Lipinski definition) is 3. The summed E-state index contributed by atoms with van der Waals surface area (Å²) in [5.41, 5.74) is 2.48.